The standard InChI is InChI=1S/C10H2Cl5NO3/c11-2(17)1-16-9(18)3-4(10(16)19)6(13)8(15)7(14)5(3)12/h1H2. The highest BCUT2D eigenvalue weighted by molar-refractivity contribution is 6.64. The van der Waals surface area contributed by atoms with E-state index in [4.69, 9.17) is 58.0 Å². The summed E-state index contributed by atoms with van der Waals surface area (Å²) < 4.78 is 0. The zero-order valence-electron chi connectivity index (χ0n) is 8.77. The molecule has 0 saturated heterocycles. The summed E-state index contributed by atoms with van der Waals surface area (Å²) in [5, 5.41) is -1.51. The van der Waals surface area contributed by atoms with Crippen LogP contribution >= 0.6 is 58.0 Å². The molecule has 2 amide bonds. The van der Waals surface area contributed by atoms with Gasteiger partial charge in [0.2, 0.25) is 5.24 Å². The number of hydrogen-bond acceptors (Lipinski definition) is 3. The minimum absolute atomic E-state index is 0.132. The van der Waals surface area contributed by atoms with E-state index < -0.39 is 23.6 Å². The van der Waals surface area contributed by atoms with Crippen LogP contribution in [0.2, 0.25) is 20.1 Å². The number of carbonyl (C=O) groups is 3. The molecule has 1 heterocycles. The van der Waals surface area contributed by atoms with Gasteiger partial charge in [-0.3, -0.25) is 19.3 Å². The third-order valence-electron chi connectivity index (χ3n) is 2.47. The molecule has 0 saturated carbocycles. The van der Waals surface area contributed by atoms with Gasteiger partial charge in [0, 0.05) is 0 Å². The highest BCUT2D eigenvalue weighted by Gasteiger charge is 2.42. The fraction of sp³-hybridized carbons (Fsp3) is 0.100. The largest absolute Gasteiger partial charge is 0.279 e. The van der Waals surface area contributed by atoms with Crippen molar-refractivity contribution in [1.29, 1.82) is 0 Å². The Balaban J connectivity index is 2.69. The van der Waals surface area contributed by atoms with Crippen LogP contribution in [0.15, 0.2) is 0 Å². The van der Waals surface area contributed by atoms with Gasteiger partial charge in [-0.15, -0.1) is 0 Å². The first kappa shape index (κ1) is 14.9. The summed E-state index contributed by atoms with van der Waals surface area (Å²) in [6.07, 6.45) is 0. The molecular weight excluding hydrogens is 359 g/mol. The lowest BCUT2D eigenvalue weighted by molar-refractivity contribution is -0.112. The van der Waals surface area contributed by atoms with Crippen molar-refractivity contribution in [2.75, 3.05) is 6.54 Å². The zero-order chi connectivity index (χ0) is 14.5. The van der Waals surface area contributed by atoms with Crippen LogP contribution in [0, 0.1) is 0 Å². The van der Waals surface area contributed by atoms with Crippen LogP contribution in [0.3, 0.4) is 0 Å². The topological polar surface area (TPSA) is 54.5 Å². The van der Waals surface area contributed by atoms with Crippen molar-refractivity contribution in [3.63, 3.8) is 0 Å². The predicted octanol–water partition coefficient (Wildman–Crippen LogP) is 3.66. The van der Waals surface area contributed by atoms with E-state index in [-0.39, 0.29) is 31.2 Å². The summed E-state index contributed by atoms with van der Waals surface area (Å²) in [6, 6.07) is 0. The molecule has 0 fully saturated rings. The number of rotatable bonds is 2. The lowest BCUT2D eigenvalue weighted by Crippen LogP contribution is -2.33. The zero-order valence-corrected chi connectivity index (χ0v) is 12.5. The van der Waals surface area contributed by atoms with Gasteiger partial charge >= 0.3 is 0 Å². The van der Waals surface area contributed by atoms with Gasteiger partial charge in [0.1, 0.15) is 6.54 Å². The lowest BCUT2D eigenvalue weighted by atomic mass is 10.1. The average molecular weight is 361 g/mol. The Bertz CT molecular complexity index is 596. The first-order valence-corrected chi connectivity index (χ1v) is 6.56. The van der Waals surface area contributed by atoms with Crippen molar-refractivity contribution in [3.8, 4) is 0 Å². The van der Waals surface area contributed by atoms with Crippen molar-refractivity contribution in [3.05, 3.63) is 31.2 Å². The molecular formula is C10H2Cl5NO3. The molecule has 1 aromatic carbocycles. The van der Waals surface area contributed by atoms with Gasteiger partial charge in [-0.2, -0.15) is 0 Å². The van der Waals surface area contributed by atoms with E-state index >= 15 is 0 Å². The maximum absolute atomic E-state index is 12.0. The average Bonchev–Trinajstić information content (AvgIpc) is 2.58. The number of halogens is 5. The van der Waals surface area contributed by atoms with Crippen molar-refractivity contribution >= 4 is 75.1 Å². The molecule has 2 rings (SSSR count). The monoisotopic (exact) mass is 359 g/mol. The van der Waals surface area contributed by atoms with E-state index in [2.05, 4.69) is 0 Å². The van der Waals surface area contributed by atoms with E-state index in [1.807, 2.05) is 0 Å². The summed E-state index contributed by atoms with van der Waals surface area (Å²) in [5.74, 6) is -1.58. The number of fused-ring (bicyclic) bond motifs is 1. The number of hydrogen-bond donors (Lipinski definition) is 0. The van der Waals surface area contributed by atoms with Gasteiger partial charge in [0.25, 0.3) is 11.8 Å². The van der Waals surface area contributed by atoms with E-state index in [1.54, 1.807) is 0 Å². The Labute approximate surface area is 132 Å². The maximum atomic E-state index is 12.0. The van der Waals surface area contributed by atoms with Crippen LogP contribution in [0.25, 0.3) is 0 Å². The molecule has 0 unspecified atom stereocenters. The van der Waals surface area contributed by atoms with Gasteiger partial charge < -0.3 is 0 Å². The first-order valence-electron chi connectivity index (χ1n) is 4.67. The normalized spacial score (nSPS) is 14.1. The van der Waals surface area contributed by atoms with Crippen LogP contribution in [-0.4, -0.2) is 28.5 Å². The molecule has 100 valence electrons. The Kier molecular flexibility index (Phi) is 4.00. The summed E-state index contributed by atoms with van der Waals surface area (Å²) >= 11 is 28.6. The summed E-state index contributed by atoms with van der Waals surface area (Å²) in [7, 11) is 0. The maximum Gasteiger partial charge on any atom is 0.263 e. The quantitative estimate of drug-likeness (QED) is 0.350. The number of benzene rings is 1. The van der Waals surface area contributed by atoms with Crippen molar-refractivity contribution < 1.29 is 14.4 Å². The van der Waals surface area contributed by atoms with E-state index in [9.17, 15) is 14.4 Å². The Morgan fingerprint density at radius 2 is 1.21 bits per heavy atom. The second-order valence-electron chi connectivity index (χ2n) is 3.56. The molecule has 0 aliphatic carbocycles. The molecule has 9 heteroatoms. The Morgan fingerprint density at radius 1 is 0.842 bits per heavy atom. The van der Waals surface area contributed by atoms with E-state index in [0.29, 0.717) is 4.90 Å². The summed E-state index contributed by atoms with van der Waals surface area (Å²) in [5.41, 5.74) is -0.354. The third kappa shape index (κ3) is 2.22. The molecule has 0 bridgehead atoms. The lowest BCUT2D eigenvalue weighted by Gasteiger charge is -2.09. The Morgan fingerprint density at radius 3 is 1.53 bits per heavy atom. The third-order valence-corrected chi connectivity index (χ3v) is 4.39. The number of amides is 2. The molecule has 0 atom stereocenters. The van der Waals surface area contributed by atoms with Gasteiger partial charge in [-0.05, 0) is 11.6 Å². The molecule has 0 spiro atoms. The minimum atomic E-state index is -0.876. The van der Waals surface area contributed by atoms with E-state index in [0.717, 1.165) is 0 Å². The molecule has 4 nitrogen and oxygen atoms in total. The smallest absolute Gasteiger partial charge is 0.263 e. The van der Waals surface area contributed by atoms with Crippen molar-refractivity contribution in [2.24, 2.45) is 0 Å². The van der Waals surface area contributed by atoms with Gasteiger partial charge in [0.05, 0.1) is 31.2 Å². The molecule has 19 heavy (non-hydrogen) atoms. The second-order valence-corrected chi connectivity index (χ2v) is 5.49. The van der Waals surface area contributed by atoms with Crippen molar-refractivity contribution in [1.82, 2.24) is 4.90 Å². The SMILES string of the molecule is O=C(Cl)CN1C(=O)c2c(Cl)c(Cl)c(Cl)c(Cl)c2C1=O. The molecule has 1 aromatic rings. The fourth-order valence-electron chi connectivity index (χ4n) is 1.66. The van der Waals surface area contributed by atoms with Crippen LogP contribution in [0.5, 0.6) is 0 Å². The molecule has 1 aliphatic rings. The molecule has 0 aromatic heterocycles. The van der Waals surface area contributed by atoms with Crippen molar-refractivity contribution in [2.45, 2.75) is 0 Å². The van der Waals surface area contributed by atoms with Crippen LogP contribution in [-0.2, 0) is 4.79 Å². The highest BCUT2D eigenvalue weighted by atomic mass is 35.5. The van der Waals surface area contributed by atoms with Crippen LogP contribution in [0.4, 0.5) is 0 Å². The first-order chi connectivity index (χ1) is 8.77. The number of nitrogens with zero attached hydrogens (tertiary/aromatic N) is 1. The molecule has 0 radical (unpaired) electrons. The van der Waals surface area contributed by atoms with E-state index in [1.165, 1.54) is 0 Å². The minimum Gasteiger partial charge on any atom is -0.279 e. The summed E-state index contributed by atoms with van der Waals surface area (Å²) in [4.78, 5) is 35.5. The highest BCUT2D eigenvalue weighted by Crippen LogP contribution is 2.44. The number of carbonyl (C=O) groups excluding carboxylic acids is 3. The molecule has 1 aliphatic heterocycles. The fourth-order valence-corrected chi connectivity index (χ4v) is 2.80. The summed E-state index contributed by atoms with van der Waals surface area (Å²) in [6.45, 7) is -0.588. The number of imide groups is 1. The van der Waals surface area contributed by atoms with Gasteiger partial charge in [0.15, 0.2) is 0 Å². The predicted molar refractivity (Wildman–Crippen MR) is 72.7 cm³/mol. The second kappa shape index (κ2) is 5.11. The Hall–Kier alpha value is -0.520. The van der Waals surface area contributed by atoms with Gasteiger partial charge in [-0.1, -0.05) is 46.4 Å². The van der Waals surface area contributed by atoms with Crippen LogP contribution in [0.1, 0.15) is 20.7 Å². The molecule has 0 N–H and O–H groups in total. The van der Waals surface area contributed by atoms with Crippen LogP contribution < -0.4 is 0 Å². The van der Waals surface area contributed by atoms with Gasteiger partial charge in [-0.25, -0.2) is 0 Å².